The molecule has 3 rings (SSSR count). The number of allylic oxidation sites excluding steroid dienone is 1. The Morgan fingerprint density at radius 2 is 1.24 bits per heavy atom. The highest BCUT2D eigenvalue weighted by Gasteiger charge is 2.04. The number of hydrogen-bond acceptors (Lipinski definition) is 2. The van der Waals surface area contributed by atoms with Crippen LogP contribution < -0.4 is 5.43 Å². The lowest BCUT2D eigenvalue weighted by Crippen LogP contribution is -2.19. The van der Waals surface area contributed by atoms with Gasteiger partial charge in [-0.05, 0) is 23.8 Å². The Hall–Kier alpha value is -3.46. The topological polar surface area (TPSA) is 41.5 Å². The lowest BCUT2D eigenvalue weighted by Gasteiger charge is -2.04. The maximum Gasteiger partial charge on any atom is 0.271 e. The first-order valence-electron chi connectivity index (χ1n) is 8.04. The molecule has 1 N–H and O–H groups in total. The predicted octanol–water partition coefficient (Wildman–Crippen LogP) is 4.53. The number of benzene rings is 3. The van der Waals surface area contributed by atoms with Gasteiger partial charge in [-0.3, -0.25) is 4.79 Å². The number of hydrogen-bond donors (Lipinski definition) is 1. The fourth-order valence-corrected chi connectivity index (χ4v) is 2.31. The molecule has 0 aliphatic heterocycles. The van der Waals surface area contributed by atoms with Crippen LogP contribution in [0, 0.1) is 0 Å². The predicted molar refractivity (Wildman–Crippen MR) is 102 cm³/mol. The van der Waals surface area contributed by atoms with E-state index in [1.54, 1.807) is 12.1 Å². The van der Waals surface area contributed by atoms with Crippen LogP contribution in [0.3, 0.4) is 0 Å². The minimum absolute atomic E-state index is 0.234. The molecule has 0 aromatic heterocycles. The Balaban J connectivity index is 1.84. The van der Waals surface area contributed by atoms with Gasteiger partial charge in [-0.25, -0.2) is 5.43 Å². The molecule has 0 aliphatic carbocycles. The molecule has 3 aromatic rings. The van der Waals surface area contributed by atoms with Crippen LogP contribution in [-0.4, -0.2) is 11.6 Å². The van der Waals surface area contributed by atoms with E-state index in [2.05, 4.69) is 10.5 Å². The van der Waals surface area contributed by atoms with Crippen molar-refractivity contribution in [3.8, 4) is 0 Å². The third-order valence-electron chi connectivity index (χ3n) is 3.62. The first-order chi connectivity index (χ1) is 12.3. The maximum absolute atomic E-state index is 12.2. The molecule has 0 heterocycles. The van der Waals surface area contributed by atoms with Crippen molar-refractivity contribution in [2.45, 2.75) is 0 Å². The molecular formula is C22H18N2O. The van der Waals surface area contributed by atoms with E-state index in [1.807, 2.05) is 91.0 Å². The van der Waals surface area contributed by atoms with E-state index < -0.39 is 0 Å². The molecule has 0 aliphatic rings. The lowest BCUT2D eigenvalue weighted by atomic mass is 10.1. The van der Waals surface area contributed by atoms with E-state index in [0.29, 0.717) is 11.3 Å². The molecular weight excluding hydrogens is 308 g/mol. The highest BCUT2D eigenvalue weighted by molar-refractivity contribution is 6.11. The van der Waals surface area contributed by atoms with Crippen LogP contribution in [-0.2, 0) is 0 Å². The standard InChI is InChI=1S/C22H18N2O/c25-22(20-14-8-3-9-15-20)24-23-21(19-12-6-2-7-13-19)17-16-18-10-4-1-5-11-18/h1-17H,(H,24,25)/b17-16+,23-21-. The van der Waals surface area contributed by atoms with Crippen molar-refractivity contribution < 1.29 is 4.79 Å². The third kappa shape index (κ3) is 4.75. The zero-order valence-corrected chi connectivity index (χ0v) is 13.7. The summed E-state index contributed by atoms with van der Waals surface area (Å²) >= 11 is 0. The zero-order chi connectivity index (χ0) is 17.3. The van der Waals surface area contributed by atoms with Gasteiger partial charge < -0.3 is 0 Å². The molecule has 0 radical (unpaired) electrons. The SMILES string of the molecule is O=C(N/N=C(/C=C/c1ccccc1)c1ccccc1)c1ccccc1. The van der Waals surface area contributed by atoms with E-state index in [-0.39, 0.29) is 5.91 Å². The molecule has 3 nitrogen and oxygen atoms in total. The van der Waals surface area contributed by atoms with Gasteiger partial charge in [0.2, 0.25) is 0 Å². The minimum atomic E-state index is -0.234. The molecule has 122 valence electrons. The van der Waals surface area contributed by atoms with Gasteiger partial charge in [0.1, 0.15) is 0 Å². The van der Waals surface area contributed by atoms with Crippen LogP contribution in [0.1, 0.15) is 21.5 Å². The largest absolute Gasteiger partial charge is 0.271 e. The molecule has 0 atom stereocenters. The minimum Gasteiger partial charge on any atom is -0.267 e. The van der Waals surface area contributed by atoms with Crippen LogP contribution in [0.25, 0.3) is 6.08 Å². The highest BCUT2D eigenvalue weighted by atomic mass is 16.2. The average molecular weight is 326 g/mol. The molecule has 0 fully saturated rings. The summed E-state index contributed by atoms with van der Waals surface area (Å²) in [6, 6.07) is 28.8. The number of rotatable bonds is 5. The Bertz CT molecular complexity index is 870. The quantitative estimate of drug-likeness (QED) is 0.543. The van der Waals surface area contributed by atoms with Crippen molar-refractivity contribution in [2.75, 3.05) is 0 Å². The molecule has 0 bridgehead atoms. The van der Waals surface area contributed by atoms with Crippen molar-refractivity contribution >= 4 is 17.7 Å². The number of nitrogens with one attached hydrogen (secondary N) is 1. The Morgan fingerprint density at radius 1 is 0.720 bits per heavy atom. The first-order valence-corrected chi connectivity index (χ1v) is 8.04. The lowest BCUT2D eigenvalue weighted by molar-refractivity contribution is 0.0955. The summed E-state index contributed by atoms with van der Waals surface area (Å²) < 4.78 is 0. The Morgan fingerprint density at radius 3 is 1.84 bits per heavy atom. The van der Waals surface area contributed by atoms with Gasteiger partial charge in [0.05, 0.1) is 5.71 Å². The Kier molecular flexibility index (Phi) is 5.52. The summed E-state index contributed by atoms with van der Waals surface area (Å²) in [5.41, 5.74) is 5.90. The summed E-state index contributed by atoms with van der Waals surface area (Å²) in [5.74, 6) is -0.234. The second kappa shape index (κ2) is 8.41. The molecule has 0 saturated carbocycles. The fourth-order valence-electron chi connectivity index (χ4n) is 2.31. The summed E-state index contributed by atoms with van der Waals surface area (Å²) in [5, 5.41) is 4.32. The number of carbonyl (C=O) groups is 1. The summed E-state index contributed by atoms with van der Waals surface area (Å²) in [4.78, 5) is 12.2. The second-order valence-electron chi connectivity index (χ2n) is 5.41. The zero-order valence-electron chi connectivity index (χ0n) is 13.7. The van der Waals surface area contributed by atoms with Crippen LogP contribution >= 0.6 is 0 Å². The average Bonchev–Trinajstić information content (AvgIpc) is 2.70. The van der Waals surface area contributed by atoms with Crippen LogP contribution in [0.2, 0.25) is 0 Å². The van der Waals surface area contributed by atoms with Crippen molar-refractivity contribution in [2.24, 2.45) is 5.10 Å². The molecule has 3 aromatic carbocycles. The van der Waals surface area contributed by atoms with E-state index in [1.165, 1.54) is 0 Å². The van der Waals surface area contributed by atoms with E-state index in [4.69, 9.17) is 0 Å². The van der Waals surface area contributed by atoms with Crippen molar-refractivity contribution in [3.63, 3.8) is 0 Å². The van der Waals surface area contributed by atoms with Gasteiger partial charge in [-0.15, -0.1) is 0 Å². The third-order valence-corrected chi connectivity index (χ3v) is 3.62. The smallest absolute Gasteiger partial charge is 0.267 e. The molecule has 1 amide bonds. The van der Waals surface area contributed by atoms with Gasteiger partial charge in [0.25, 0.3) is 5.91 Å². The van der Waals surface area contributed by atoms with Crippen molar-refractivity contribution in [1.82, 2.24) is 5.43 Å². The highest BCUT2D eigenvalue weighted by Crippen LogP contribution is 2.07. The van der Waals surface area contributed by atoms with Gasteiger partial charge in [-0.1, -0.05) is 84.9 Å². The van der Waals surface area contributed by atoms with E-state index >= 15 is 0 Å². The van der Waals surface area contributed by atoms with Gasteiger partial charge in [-0.2, -0.15) is 5.10 Å². The molecule has 0 saturated heterocycles. The number of carbonyl (C=O) groups excluding carboxylic acids is 1. The molecule has 0 unspecified atom stereocenters. The van der Waals surface area contributed by atoms with Crippen LogP contribution in [0.4, 0.5) is 0 Å². The van der Waals surface area contributed by atoms with Gasteiger partial charge in [0, 0.05) is 11.1 Å². The normalized spacial score (nSPS) is 11.4. The summed E-state index contributed by atoms with van der Waals surface area (Å²) in [6.45, 7) is 0. The fraction of sp³-hybridized carbons (Fsp3) is 0. The molecule has 0 spiro atoms. The molecule has 25 heavy (non-hydrogen) atoms. The van der Waals surface area contributed by atoms with Crippen LogP contribution in [0.15, 0.2) is 102 Å². The maximum atomic E-state index is 12.2. The van der Waals surface area contributed by atoms with E-state index in [9.17, 15) is 4.79 Å². The van der Waals surface area contributed by atoms with Gasteiger partial charge in [0.15, 0.2) is 0 Å². The first kappa shape index (κ1) is 16.4. The number of hydrazone groups is 1. The number of nitrogens with zero attached hydrogens (tertiary/aromatic N) is 1. The summed E-state index contributed by atoms with van der Waals surface area (Å²) in [6.07, 6.45) is 3.87. The van der Waals surface area contributed by atoms with E-state index in [0.717, 1.165) is 11.1 Å². The summed E-state index contributed by atoms with van der Waals surface area (Å²) in [7, 11) is 0. The monoisotopic (exact) mass is 326 g/mol. The van der Waals surface area contributed by atoms with Crippen LogP contribution in [0.5, 0.6) is 0 Å². The number of amides is 1. The second-order valence-corrected chi connectivity index (χ2v) is 5.41. The Labute approximate surface area is 147 Å². The van der Waals surface area contributed by atoms with Crippen molar-refractivity contribution in [3.05, 3.63) is 114 Å². The van der Waals surface area contributed by atoms with Gasteiger partial charge >= 0.3 is 0 Å². The van der Waals surface area contributed by atoms with Crippen molar-refractivity contribution in [1.29, 1.82) is 0 Å². The molecule has 3 heteroatoms.